The molecular weight excluding hydrogens is 240 g/mol. The molecule has 0 spiro atoms. The van der Waals surface area contributed by atoms with Gasteiger partial charge in [0.25, 0.3) is 0 Å². The maximum Gasteiger partial charge on any atom is 0.239 e. The zero-order valence-corrected chi connectivity index (χ0v) is 12.1. The highest BCUT2D eigenvalue weighted by atomic mass is 16.2. The number of piperidine rings is 1. The van der Waals surface area contributed by atoms with E-state index in [9.17, 15) is 4.79 Å². The SMILES string of the molecule is CC(NCc1cncn1C)C(=O)N1CCCCC1C. The molecule has 1 saturated heterocycles. The molecule has 1 N–H and O–H groups in total. The third-order valence-electron chi connectivity index (χ3n) is 3.96. The number of likely N-dealkylation sites (tertiary alicyclic amines) is 1. The van der Waals surface area contributed by atoms with Crippen LogP contribution in [-0.2, 0) is 18.4 Å². The molecule has 1 fully saturated rings. The number of carbonyl (C=O) groups excluding carboxylic acids is 1. The van der Waals surface area contributed by atoms with Crippen molar-refractivity contribution in [2.45, 2.75) is 51.7 Å². The van der Waals surface area contributed by atoms with Gasteiger partial charge >= 0.3 is 0 Å². The van der Waals surface area contributed by atoms with Crippen molar-refractivity contribution in [2.24, 2.45) is 7.05 Å². The fourth-order valence-electron chi connectivity index (χ4n) is 2.57. The number of aryl methyl sites for hydroxylation is 1. The largest absolute Gasteiger partial charge is 0.339 e. The van der Waals surface area contributed by atoms with Gasteiger partial charge in [0.05, 0.1) is 18.1 Å². The van der Waals surface area contributed by atoms with Crippen molar-refractivity contribution in [1.82, 2.24) is 19.8 Å². The maximum absolute atomic E-state index is 12.4. The summed E-state index contributed by atoms with van der Waals surface area (Å²) < 4.78 is 1.97. The fraction of sp³-hybridized carbons (Fsp3) is 0.714. The van der Waals surface area contributed by atoms with Crippen LogP contribution < -0.4 is 5.32 Å². The monoisotopic (exact) mass is 264 g/mol. The number of amides is 1. The molecule has 5 nitrogen and oxygen atoms in total. The summed E-state index contributed by atoms with van der Waals surface area (Å²) in [7, 11) is 1.96. The molecule has 2 heterocycles. The molecule has 106 valence electrons. The minimum absolute atomic E-state index is 0.143. The molecule has 1 aliphatic rings. The second-order valence-electron chi connectivity index (χ2n) is 5.47. The molecule has 5 heteroatoms. The highest BCUT2D eigenvalue weighted by Crippen LogP contribution is 2.17. The van der Waals surface area contributed by atoms with Crippen LogP contribution in [-0.4, -0.2) is 39.0 Å². The van der Waals surface area contributed by atoms with E-state index in [-0.39, 0.29) is 11.9 Å². The third kappa shape index (κ3) is 3.35. The molecule has 2 unspecified atom stereocenters. The summed E-state index contributed by atoms with van der Waals surface area (Å²) in [5.41, 5.74) is 1.09. The van der Waals surface area contributed by atoms with E-state index in [2.05, 4.69) is 17.2 Å². The van der Waals surface area contributed by atoms with Gasteiger partial charge in [-0.25, -0.2) is 4.98 Å². The number of aromatic nitrogens is 2. The Morgan fingerprint density at radius 1 is 1.58 bits per heavy atom. The predicted octanol–water partition coefficient (Wildman–Crippen LogP) is 1.30. The lowest BCUT2D eigenvalue weighted by atomic mass is 10.0. The Hall–Kier alpha value is -1.36. The van der Waals surface area contributed by atoms with Gasteiger partial charge in [0, 0.05) is 32.4 Å². The van der Waals surface area contributed by atoms with Gasteiger partial charge in [-0.3, -0.25) is 4.79 Å². The van der Waals surface area contributed by atoms with E-state index < -0.39 is 0 Å². The van der Waals surface area contributed by atoms with Crippen molar-refractivity contribution < 1.29 is 4.79 Å². The Morgan fingerprint density at radius 2 is 2.37 bits per heavy atom. The lowest BCUT2D eigenvalue weighted by Gasteiger charge is -2.35. The Bertz CT molecular complexity index is 429. The lowest BCUT2D eigenvalue weighted by Crippen LogP contribution is -2.50. The lowest BCUT2D eigenvalue weighted by molar-refractivity contribution is -0.136. The molecule has 0 bridgehead atoms. The zero-order valence-electron chi connectivity index (χ0n) is 12.1. The Balaban J connectivity index is 1.87. The summed E-state index contributed by atoms with van der Waals surface area (Å²) in [6, 6.07) is 0.234. The van der Waals surface area contributed by atoms with Gasteiger partial charge < -0.3 is 14.8 Å². The van der Waals surface area contributed by atoms with Gasteiger partial charge in [-0.15, -0.1) is 0 Å². The van der Waals surface area contributed by atoms with Crippen molar-refractivity contribution in [1.29, 1.82) is 0 Å². The number of hydrogen-bond acceptors (Lipinski definition) is 3. The van der Waals surface area contributed by atoms with E-state index in [1.165, 1.54) is 6.42 Å². The molecular formula is C14H24N4O. The van der Waals surface area contributed by atoms with Crippen LogP contribution in [0, 0.1) is 0 Å². The summed E-state index contributed by atoms with van der Waals surface area (Å²) in [6.07, 6.45) is 7.09. The average Bonchev–Trinajstić information content (AvgIpc) is 2.81. The van der Waals surface area contributed by atoms with Crippen molar-refractivity contribution in [2.75, 3.05) is 6.54 Å². The topological polar surface area (TPSA) is 50.2 Å². The summed E-state index contributed by atoms with van der Waals surface area (Å²) in [5.74, 6) is 0.217. The first-order valence-corrected chi connectivity index (χ1v) is 7.08. The zero-order chi connectivity index (χ0) is 13.8. The molecule has 2 rings (SSSR count). The smallest absolute Gasteiger partial charge is 0.239 e. The predicted molar refractivity (Wildman–Crippen MR) is 74.5 cm³/mol. The minimum Gasteiger partial charge on any atom is -0.339 e. The highest BCUT2D eigenvalue weighted by Gasteiger charge is 2.26. The summed E-state index contributed by atoms with van der Waals surface area (Å²) in [5, 5.41) is 3.29. The molecule has 0 saturated carbocycles. The first-order chi connectivity index (χ1) is 9.09. The Labute approximate surface area is 115 Å². The van der Waals surface area contributed by atoms with Crippen LogP contribution in [0.5, 0.6) is 0 Å². The molecule has 1 aliphatic heterocycles. The first-order valence-electron chi connectivity index (χ1n) is 7.08. The van der Waals surface area contributed by atoms with Crippen LogP contribution in [0.25, 0.3) is 0 Å². The van der Waals surface area contributed by atoms with E-state index >= 15 is 0 Å². The molecule has 1 aromatic rings. The van der Waals surface area contributed by atoms with Gasteiger partial charge in [-0.2, -0.15) is 0 Å². The van der Waals surface area contributed by atoms with Gasteiger partial charge in [-0.05, 0) is 33.1 Å². The molecule has 19 heavy (non-hydrogen) atoms. The van der Waals surface area contributed by atoms with E-state index in [0.29, 0.717) is 12.6 Å². The molecule has 1 aromatic heterocycles. The summed E-state index contributed by atoms with van der Waals surface area (Å²) >= 11 is 0. The van der Waals surface area contributed by atoms with Gasteiger partial charge in [0.1, 0.15) is 0 Å². The van der Waals surface area contributed by atoms with Crippen molar-refractivity contribution in [3.05, 3.63) is 18.2 Å². The quantitative estimate of drug-likeness (QED) is 0.892. The van der Waals surface area contributed by atoms with Crippen LogP contribution in [0.15, 0.2) is 12.5 Å². The summed E-state index contributed by atoms with van der Waals surface area (Å²) in [4.78, 5) is 18.5. The van der Waals surface area contributed by atoms with Crippen LogP contribution >= 0.6 is 0 Å². The molecule has 1 amide bonds. The number of rotatable bonds is 4. The highest BCUT2D eigenvalue weighted by molar-refractivity contribution is 5.81. The van der Waals surface area contributed by atoms with Gasteiger partial charge in [0.2, 0.25) is 5.91 Å². The number of imidazole rings is 1. The van der Waals surface area contributed by atoms with Crippen LogP contribution in [0.1, 0.15) is 38.8 Å². The maximum atomic E-state index is 12.4. The van der Waals surface area contributed by atoms with E-state index in [0.717, 1.165) is 25.1 Å². The van der Waals surface area contributed by atoms with Gasteiger partial charge in [-0.1, -0.05) is 0 Å². The van der Waals surface area contributed by atoms with Crippen molar-refractivity contribution in [3.63, 3.8) is 0 Å². The molecule has 2 atom stereocenters. The number of nitrogens with one attached hydrogen (secondary N) is 1. The Kier molecular flexibility index (Phi) is 4.58. The molecule has 0 aromatic carbocycles. The van der Waals surface area contributed by atoms with Crippen LogP contribution in [0.2, 0.25) is 0 Å². The summed E-state index contributed by atoms with van der Waals surface area (Å²) in [6.45, 7) is 5.66. The first kappa shape index (κ1) is 14.1. The normalized spacial score (nSPS) is 21.4. The van der Waals surface area contributed by atoms with E-state index in [1.807, 2.05) is 29.6 Å². The minimum atomic E-state index is -0.143. The fourth-order valence-corrected chi connectivity index (χ4v) is 2.57. The van der Waals surface area contributed by atoms with E-state index in [1.54, 1.807) is 6.33 Å². The number of nitrogens with zero attached hydrogens (tertiary/aromatic N) is 3. The third-order valence-corrected chi connectivity index (χ3v) is 3.96. The molecule has 0 aliphatic carbocycles. The Morgan fingerprint density at radius 3 is 3.00 bits per heavy atom. The second kappa shape index (κ2) is 6.19. The average molecular weight is 264 g/mol. The van der Waals surface area contributed by atoms with E-state index in [4.69, 9.17) is 0 Å². The number of carbonyl (C=O) groups is 1. The standard InChI is InChI=1S/C14H24N4O/c1-11-6-4-5-7-18(11)14(19)12(2)16-9-13-8-15-10-17(13)3/h8,10-12,16H,4-7,9H2,1-3H3. The molecule has 0 radical (unpaired) electrons. The number of hydrogen-bond donors (Lipinski definition) is 1. The van der Waals surface area contributed by atoms with Crippen molar-refractivity contribution in [3.8, 4) is 0 Å². The van der Waals surface area contributed by atoms with Crippen LogP contribution in [0.3, 0.4) is 0 Å². The van der Waals surface area contributed by atoms with Crippen LogP contribution in [0.4, 0.5) is 0 Å². The van der Waals surface area contributed by atoms with Crippen molar-refractivity contribution >= 4 is 5.91 Å². The van der Waals surface area contributed by atoms with Gasteiger partial charge in [0.15, 0.2) is 0 Å². The second-order valence-corrected chi connectivity index (χ2v) is 5.47.